The second-order valence-electron chi connectivity index (χ2n) is 5.98. The molecule has 0 radical (unpaired) electrons. The van der Waals surface area contributed by atoms with E-state index >= 15 is 0 Å². The molecular formula is C20H19NO5. The Hall–Kier alpha value is -3.28. The summed E-state index contributed by atoms with van der Waals surface area (Å²) < 4.78 is 10.4. The molecule has 3 rings (SSSR count). The number of rotatable bonds is 6. The summed E-state index contributed by atoms with van der Waals surface area (Å²) in [5, 5.41) is 12.9. The van der Waals surface area contributed by atoms with E-state index < -0.39 is 5.97 Å². The molecule has 0 saturated heterocycles. The fourth-order valence-electron chi connectivity index (χ4n) is 2.67. The van der Waals surface area contributed by atoms with Gasteiger partial charge in [-0.25, -0.2) is 0 Å². The van der Waals surface area contributed by atoms with Crippen molar-refractivity contribution in [2.24, 2.45) is 0 Å². The molecule has 0 spiro atoms. The molecule has 0 fully saturated rings. The number of esters is 1. The van der Waals surface area contributed by atoms with Gasteiger partial charge in [0.05, 0.1) is 18.7 Å². The number of phenolic OH excluding ortho intramolecular Hbond substituents is 1. The number of benzene rings is 2. The van der Waals surface area contributed by atoms with Gasteiger partial charge in [0.2, 0.25) is 0 Å². The van der Waals surface area contributed by atoms with E-state index in [-0.39, 0.29) is 30.7 Å². The van der Waals surface area contributed by atoms with Crippen molar-refractivity contribution in [3.05, 3.63) is 65.9 Å². The van der Waals surface area contributed by atoms with E-state index in [1.54, 1.807) is 6.07 Å². The van der Waals surface area contributed by atoms with Crippen LogP contribution in [0.15, 0.2) is 59.2 Å². The first-order valence-electron chi connectivity index (χ1n) is 8.22. The van der Waals surface area contributed by atoms with E-state index in [1.807, 2.05) is 37.3 Å². The third kappa shape index (κ3) is 4.22. The Bertz CT molecular complexity index is 916. The second-order valence-corrected chi connectivity index (χ2v) is 5.98. The molecule has 1 heterocycles. The van der Waals surface area contributed by atoms with Gasteiger partial charge in [-0.3, -0.25) is 9.59 Å². The number of hydrogen-bond donors (Lipinski definition) is 2. The standard InChI is InChI=1S/C20H19NO5/c1-13(14-5-3-2-4-6-14)21-19(23)12-26-20(24)9-15-11-25-18-10-16(22)7-8-17(15)18/h2-8,10-11,13,22H,9,12H2,1H3,(H,21,23)/t13-/m1/s1. The fraction of sp³-hybridized carbons (Fsp3) is 0.200. The lowest BCUT2D eigenvalue weighted by Crippen LogP contribution is -2.31. The van der Waals surface area contributed by atoms with Crippen molar-refractivity contribution in [2.75, 3.05) is 6.61 Å². The maximum atomic E-state index is 12.0. The number of ether oxygens (including phenoxy) is 1. The van der Waals surface area contributed by atoms with Gasteiger partial charge in [-0.15, -0.1) is 0 Å². The highest BCUT2D eigenvalue weighted by Crippen LogP contribution is 2.25. The van der Waals surface area contributed by atoms with E-state index in [1.165, 1.54) is 18.4 Å². The lowest BCUT2D eigenvalue weighted by molar-refractivity contribution is -0.148. The predicted octanol–water partition coefficient (Wildman–Crippen LogP) is 3.10. The molecular weight excluding hydrogens is 334 g/mol. The Morgan fingerprint density at radius 3 is 2.73 bits per heavy atom. The molecule has 6 nitrogen and oxygen atoms in total. The minimum absolute atomic E-state index is 0.0146. The molecule has 2 N–H and O–H groups in total. The summed E-state index contributed by atoms with van der Waals surface area (Å²) in [6.07, 6.45) is 1.43. The van der Waals surface area contributed by atoms with Gasteiger partial charge >= 0.3 is 5.97 Å². The number of fused-ring (bicyclic) bond motifs is 1. The van der Waals surface area contributed by atoms with Crippen LogP contribution in [0.5, 0.6) is 5.75 Å². The Labute approximate surface area is 150 Å². The van der Waals surface area contributed by atoms with Crippen LogP contribution in [0.1, 0.15) is 24.1 Å². The highest BCUT2D eigenvalue weighted by atomic mass is 16.5. The van der Waals surface area contributed by atoms with E-state index in [0.29, 0.717) is 11.1 Å². The van der Waals surface area contributed by atoms with Gasteiger partial charge in [-0.05, 0) is 24.6 Å². The Kier molecular flexibility index (Phi) is 5.22. The minimum atomic E-state index is -0.525. The monoisotopic (exact) mass is 353 g/mol. The molecule has 0 bridgehead atoms. The first-order valence-corrected chi connectivity index (χ1v) is 8.22. The summed E-state index contributed by atoms with van der Waals surface area (Å²) in [6.45, 7) is 1.52. The zero-order chi connectivity index (χ0) is 18.5. The maximum absolute atomic E-state index is 12.0. The molecule has 1 atom stereocenters. The van der Waals surface area contributed by atoms with E-state index in [9.17, 15) is 14.7 Å². The van der Waals surface area contributed by atoms with Gasteiger partial charge < -0.3 is 19.6 Å². The number of hydrogen-bond acceptors (Lipinski definition) is 5. The Balaban J connectivity index is 1.51. The van der Waals surface area contributed by atoms with Crippen molar-refractivity contribution in [1.29, 1.82) is 0 Å². The molecule has 0 aliphatic heterocycles. The van der Waals surface area contributed by atoms with Crippen LogP contribution >= 0.6 is 0 Å². The summed E-state index contributed by atoms with van der Waals surface area (Å²) >= 11 is 0. The zero-order valence-corrected chi connectivity index (χ0v) is 14.3. The third-order valence-corrected chi connectivity index (χ3v) is 4.02. The van der Waals surface area contributed by atoms with E-state index in [4.69, 9.17) is 9.15 Å². The van der Waals surface area contributed by atoms with Gasteiger partial charge in [0.1, 0.15) is 11.3 Å². The van der Waals surface area contributed by atoms with Crippen molar-refractivity contribution in [1.82, 2.24) is 5.32 Å². The van der Waals surface area contributed by atoms with Gasteiger partial charge in [-0.1, -0.05) is 30.3 Å². The van der Waals surface area contributed by atoms with Crippen molar-refractivity contribution >= 4 is 22.8 Å². The topological polar surface area (TPSA) is 88.8 Å². The number of amides is 1. The number of carbonyl (C=O) groups excluding carboxylic acids is 2. The number of phenols is 1. The molecule has 0 aliphatic rings. The van der Waals surface area contributed by atoms with Crippen molar-refractivity contribution in [2.45, 2.75) is 19.4 Å². The molecule has 134 valence electrons. The molecule has 1 amide bonds. The molecule has 2 aromatic carbocycles. The summed E-state index contributed by atoms with van der Waals surface area (Å²) in [5.41, 5.74) is 2.10. The number of furan rings is 1. The number of carbonyl (C=O) groups is 2. The zero-order valence-electron chi connectivity index (χ0n) is 14.3. The van der Waals surface area contributed by atoms with Crippen LogP contribution in [0.4, 0.5) is 0 Å². The van der Waals surface area contributed by atoms with Crippen molar-refractivity contribution in [3.63, 3.8) is 0 Å². The van der Waals surface area contributed by atoms with E-state index in [0.717, 1.165) is 10.9 Å². The molecule has 0 saturated carbocycles. The normalized spacial score (nSPS) is 11.9. The predicted molar refractivity (Wildman–Crippen MR) is 95.5 cm³/mol. The van der Waals surface area contributed by atoms with Crippen LogP contribution in [-0.2, 0) is 20.7 Å². The highest BCUT2D eigenvalue weighted by Gasteiger charge is 2.15. The Morgan fingerprint density at radius 1 is 1.19 bits per heavy atom. The molecule has 3 aromatic rings. The fourth-order valence-corrected chi connectivity index (χ4v) is 2.67. The van der Waals surface area contributed by atoms with Crippen LogP contribution in [-0.4, -0.2) is 23.6 Å². The number of aromatic hydroxyl groups is 1. The number of nitrogens with one attached hydrogen (secondary N) is 1. The molecule has 1 aromatic heterocycles. The molecule has 26 heavy (non-hydrogen) atoms. The van der Waals surface area contributed by atoms with Gasteiger partial charge in [-0.2, -0.15) is 0 Å². The van der Waals surface area contributed by atoms with Gasteiger partial charge in [0, 0.05) is 17.0 Å². The lowest BCUT2D eigenvalue weighted by Gasteiger charge is -2.14. The van der Waals surface area contributed by atoms with Crippen LogP contribution in [0.25, 0.3) is 11.0 Å². The van der Waals surface area contributed by atoms with Crippen LogP contribution in [0, 0.1) is 0 Å². The van der Waals surface area contributed by atoms with Crippen molar-refractivity contribution < 1.29 is 23.8 Å². The van der Waals surface area contributed by atoms with Gasteiger partial charge in [0.15, 0.2) is 6.61 Å². The summed E-state index contributed by atoms with van der Waals surface area (Å²) in [7, 11) is 0. The average Bonchev–Trinajstić information content (AvgIpc) is 3.02. The lowest BCUT2D eigenvalue weighted by atomic mass is 10.1. The van der Waals surface area contributed by atoms with Crippen molar-refractivity contribution in [3.8, 4) is 5.75 Å². The van der Waals surface area contributed by atoms with Crippen LogP contribution in [0.3, 0.4) is 0 Å². The quantitative estimate of drug-likeness (QED) is 0.665. The van der Waals surface area contributed by atoms with Gasteiger partial charge in [0.25, 0.3) is 5.91 Å². The average molecular weight is 353 g/mol. The highest BCUT2D eigenvalue weighted by molar-refractivity contribution is 5.87. The third-order valence-electron chi connectivity index (χ3n) is 4.02. The van der Waals surface area contributed by atoms with Crippen LogP contribution in [0.2, 0.25) is 0 Å². The summed E-state index contributed by atoms with van der Waals surface area (Å²) in [4.78, 5) is 23.9. The molecule has 0 unspecified atom stereocenters. The van der Waals surface area contributed by atoms with Crippen LogP contribution < -0.4 is 5.32 Å². The largest absolute Gasteiger partial charge is 0.508 e. The molecule has 6 heteroatoms. The first kappa shape index (κ1) is 17.5. The Morgan fingerprint density at radius 2 is 1.96 bits per heavy atom. The van der Waals surface area contributed by atoms with E-state index in [2.05, 4.69) is 5.32 Å². The maximum Gasteiger partial charge on any atom is 0.310 e. The molecule has 0 aliphatic carbocycles. The first-order chi connectivity index (χ1) is 12.5. The SMILES string of the molecule is C[C@@H](NC(=O)COC(=O)Cc1coc2cc(O)ccc12)c1ccccc1. The minimum Gasteiger partial charge on any atom is -0.508 e. The summed E-state index contributed by atoms with van der Waals surface area (Å²) in [5.74, 6) is -0.801. The second kappa shape index (κ2) is 7.74. The summed E-state index contributed by atoms with van der Waals surface area (Å²) in [6, 6.07) is 14.0. The smallest absolute Gasteiger partial charge is 0.310 e.